The van der Waals surface area contributed by atoms with Crippen LogP contribution in [-0.4, -0.2) is 9.97 Å². The third kappa shape index (κ3) is 0.869. The summed E-state index contributed by atoms with van der Waals surface area (Å²) < 4.78 is 5.51. The Labute approximate surface area is 75.4 Å². The largest absolute Gasteiger partial charge is 0.485 e. The summed E-state index contributed by atoms with van der Waals surface area (Å²) in [6.45, 7) is 0.612. The SMILES string of the molecule is c1cnc2c(c1)OCc1[nH]ccc1-2. The first kappa shape index (κ1) is 6.71. The lowest BCUT2D eigenvalue weighted by Crippen LogP contribution is -2.05. The normalized spacial score (nSPS) is 12.9. The van der Waals surface area contributed by atoms with E-state index in [1.807, 2.05) is 24.4 Å². The van der Waals surface area contributed by atoms with Crippen molar-refractivity contribution in [3.8, 4) is 17.0 Å². The number of aromatic amines is 1. The molecule has 1 N–H and O–H groups in total. The van der Waals surface area contributed by atoms with Gasteiger partial charge in [0.05, 0.1) is 5.69 Å². The molecule has 0 saturated carbocycles. The molecule has 0 unspecified atom stereocenters. The van der Waals surface area contributed by atoms with Gasteiger partial charge in [0.2, 0.25) is 0 Å². The molecule has 2 aromatic heterocycles. The molecule has 1 aliphatic rings. The Morgan fingerprint density at radius 2 is 2.38 bits per heavy atom. The van der Waals surface area contributed by atoms with Crippen LogP contribution in [0.25, 0.3) is 11.3 Å². The Hall–Kier alpha value is -1.77. The molecule has 0 atom stereocenters. The summed E-state index contributed by atoms with van der Waals surface area (Å²) in [5.41, 5.74) is 3.19. The molecule has 0 spiro atoms. The van der Waals surface area contributed by atoms with E-state index in [2.05, 4.69) is 9.97 Å². The maximum absolute atomic E-state index is 5.51. The number of pyridine rings is 1. The molecule has 1 aliphatic heterocycles. The van der Waals surface area contributed by atoms with Crippen molar-refractivity contribution in [2.24, 2.45) is 0 Å². The first-order valence-electron chi connectivity index (χ1n) is 4.19. The van der Waals surface area contributed by atoms with Crippen LogP contribution in [0.3, 0.4) is 0 Å². The van der Waals surface area contributed by atoms with Crippen molar-refractivity contribution < 1.29 is 4.74 Å². The fourth-order valence-electron chi connectivity index (χ4n) is 1.60. The summed E-state index contributed by atoms with van der Waals surface area (Å²) in [5, 5.41) is 0. The maximum atomic E-state index is 5.51. The minimum atomic E-state index is 0.612. The van der Waals surface area contributed by atoms with E-state index in [0.717, 1.165) is 22.7 Å². The van der Waals surface area contributed by atoms with Gasteiger partial charge in [-0.05, 0) is 18.2 Å². The van der Waals surface area contributed by atoms with Gasteiger partial charge in [-0.2, -0.15) is 0 Å². The topological polar surface area (TPSA) is 37.9 Å². The number of nitrogens with zero attached hydrogens (tertiary/aromatic N) is 1. The second-order valence-electron chi connectivity index (χ2n) is 3.01. The predicted octanol–water partition coefficient (Wildman–Crippen LogP) is 1.97. The Balaban J connectivity index is 2.30. The van der Waals surface area contributed by atoms with E-state index in [0.29, 0.717) is 6.61 Å². The summed E-state index contributed by atoms with van der Waals surface area (Å²) >= 11 is 0. The number of aromatic nitrogens is 2. The Morgan fingerprint density at radius 1 is 1.38 bits per heavy atom. The van der Waals surface area contributed by atoms with Crippen molar-refractivity contribution in [3.05, 3.63) is 36.3 Å². The fourth-order valence-corrected chi connectivity index (χ4v) is 1.60. The molecule has 0 saturated heterocycles. The average molecular weight is 172 g/mol. The van der Waals surface area contributed by atoms with Crippen LogP contribution < -0.4 is 4.74 Å². The van der Waals surface area contributed by atoms with Crippen LogP contribution in [0.1, 0.15) is 5.69 Å². The zero-order valence-electron chi connectivity index (χ0n) is 6.95. The zero-order chi connectivity index (χ0) is 8.67. The third-order valence-electron chi connectivity index (χ3n) is 2.23. The molecule has 0 fully saturated rings. The molecule has 3 rings (SSSR count). The highest BCUT2D eigenvalue weighted by Crippen LogP contribution is 2.34. The van der Waals surface area contributed by atoms with Gasteiger partial charge in [0, 0.05) is 18.0 Å². The molecule has 3 heteroatoms. The standard InChI is InChI=1S/C10H8N2O/c1-2-9-10(12-4-1)7-3-5-11-8(7)6-13-9/h1-5,11H,6H2. The molecule has 3 heterocycles. The van der Waals surface area contributed by atoms with Crippen LogP contribution >= 0.6 is 0 Å². The molecule has 0 amide bonds. The second-order valence-corrected chi connectivity index (χ2v) is 3.01. The lowest BCUT2D eigenvalue weighted by Gasteiger charge is -2.15. The molecular weight excluding hydrogens is 164 g/mol. The highest BCUT2D eigenvalue weighted by Gasteiger charge is 2.17. The number of fused-ring (bicyclic) bond motifs is 3. The Morgan fingerprint density at radius 3 is 3.38 bits per heavy atom. The smallest absolute Gasteiger partial charge is 0.146 e. The van der Waals surface area contributed by atoms with Crippen LogP contribution in [0.2, 0.25) is 0 Å². The molecule has 2 aromatic rings. The minimum Gasteiger partial charge on any atom is -0.485 e. The van der Waals surface area contributed by atoms with Gasteiger partial charge in [0.25, 0.3) is 0 Å². The predicted molar refractivity (Wildman–Crippen MR) is 48.4 cm³/mol. The quantitative estimate of drug-likeness (QED) is 0.659. The number of hydrogen-bond donors (Lipinski definition) is 1. The van der Waals surface area contributed by atoms with Crippen molar-refractivity contribution in [2.75, 3.05) is 0 Å². The van der Waals surface area contributed by atoms with Crippen molar-refractivity contribution in [1.29, 1.82) is 0 Å². The first-order chi connectivity index (χ1) is 6.45. The van der Waals surface area contributed by atoms with Crippen molar-refractivity contribution in [3.63, 3.8) is 0 Å². The number of nitrogens with one attached hydrogen (secondary N) is 1. The molecule has 64 valence electrons. The van der Waals surface area contributed by atoms with Gasteiger partial charge < -0.3 is 9.72 Å². The lowest BCUT2D eigenvalue weighted by atomic mass is 10.1. The van der Waals surface area contributed by atoms with Gasteiger partial charge in [-0.3, -0.25) is 4.98 Å². The van der Waals surface area contributed by atoms with Crippen molar-refractivity contribution >= 4 is 0 Å². The summed E-state index contributed by atoms with van der Waals surface area (Å²) in [6, 6.07) is 5.86. The maximum Gasteiger partial charge on any atom is 0.146 e. The summed E-state index contributed by atoms with van der Waals surface area (Å²) in [4.78, 5) is 7.42. The van der Waals surface area contributed by atoms with Crippen molar-refractivity contribution in [1.82, 2.24) is 9.97 Å². The van der Waals surface area contributed by atoms with E-state index in [-0.39, 0.29) is 0 Å². The highest BCUT2D eigenvalue weighted by molar-refractivity contribution is 5.70. The van der Waals surface area contributed by atoms with Crippen LogP contribution in [0.15, 0.2) is 30.6 Å². The summed E-state index contributed by atoms with van der Waals surface area (Å²) in [5.74, 6) is 0.870. The Bertz CT molecular complexity index is 448. The number of H-pyrrole nitrogens is 1. The highest BCUT2D eigenvalue weighted by atomic mass is 16.5. The number of rotatable bonds is 0. The van der Waals surface area contributed by atoms with Gasteiger partial charge >= 0.3 is 0 Å². The van der Waals surface area contributed by atoms with Gasteiger partial charge in [0.15, 0.2) is 0 Å². The number of hydrogen-bond acceptors (Lipinski definition) is 2. The molecule has 0 aliphatic carbocycles. The minimum absolute atomic E-state index is 0.612. The monoisotopic (exact) mass is 172 g/mol. The van der Waals surface area contributed by atoms with Gasteiger partial charge in [-0.1, -0.05) is 0 Å². The van der Waals surface area contributed by atoms with Gasteiger partial charge in [-0.15, -0.1) is 0 Å². The molecule has 0 bridgehead atoms. The van der Waals surface area contributed by atoms with E-state index in [4.69, 9.17) is 4.74 Å². The lowest BCUT2D eigenvalue weighted by molar-refractivity contribution is 0.297. The van der Waals surface area contributed by atoms with E-state index in [9.17, 15) is 0 Å². The molecule has 0 radical (unpaired) electrons. The van der Waals surface area contributed by atoms with Crippen LogP contribution in [0.4, 0.5) is 0 Å². The molecule has 0 aromatic carbocycles. The van der Waals surface area contributed by atoms with E-state index < -0.39 is 0 Å². The van der Waals surface area contributed by atoms with Crippen LogP contribution in [-0.2, 0) is 6.61 Å². The first-order valence-corrected chi connectivity index (χ1v) is 4.19. The second kappa shape index (κ2) is 2.36. The van der Waals surface area contributed by atoms with Crippen LogP contribution in [0.5, 0.6) is 5.75 Å². The fraction of sp³-hybridized carbons (Fsp3) is 0.100. The molecular formula is C10H8N2O. The summed E-state index contributed by atoms with van der Waals surface area (Å²) in [6.07, 6.45) is 3.70. The molecule has 3 nitrogen and oxygen atoms in total. The zero-order valence-corrected chi connectivity index (χ0v) is 6.95. The van der Waals surface area contributed by atoms with Crippen molar-refractivity contribution in [2.45, 2.75) is 6.61 Å². The summed E-state index contributed by atoms with van der Waals surface area (Å²) in [7, 11) is 0. The van der Waals surface area contributed by atoms with Crippen LogP contribution in [0, 0.1) is 0 Å². The van der Waals surface area contributed by atoms with E-state index in [1.54, 1.807) is 6.20 Å². The van der Waals surface area contributed by atoms with Gasteiger partial charge in [0.1, 0.15) is 18.1 Å². The van der Waals surface area contributed by atoms with Gasteiger partial charge in [-0.25, -0.2) is 0 Å². The average Bonchev–Trinajstić information content (AvgIpc) is 2.65. The third-order valence-corrected chi connectivity index (χ3v) is 2.23. The van der Waals surface area contributed by atoms with E-state index in [1.165, 1.54) is 0 Å². The van der Waals surface area contributed by atoms with E-state index >= 15 is 0 Å². The molecule has 13 heavy (non-hydrogen) atoms. The number of ether oxygens (including phenoxy) is 1. The Kier molecular flexibility index (Phi) is 1.22.